The minimum atomic E-state index is 0.610. The van der Waals surface area contributed by atoms with Gasteiger partial charge in [-0.1, -0.05) is 46.3 Å². The number of halogens is 2. The number of nitrogens with one attached hydrogen (secondary N) is 1. The molecule has 2 aromatic carbocycles. The van der Waals surface area contributed by atoms with Crippen LogP contribution in [0.25, 0.3) is 11.3 Å². The second-order valence-corrected chi connectivity index (χ2v) is 7.95. The minimum Gasteiger partial charge on any atom is -0.492 e. The quantitative estimate of drug-likeness (QED) is 0.242. The monoisotopic (exact) mass is 527 g/mol. The molecule has 0 saturated carbocycles. The molecule has 0 atom stereocenters. The molecule has 0 unspecified atom stereocenters. The zero-order valence-corrected chi connectivity index (χ0v) is 17.9. The second kappa shape index (κ2) is 8.77. The Kier molecular flexibility index (Phi) is 6.44. The summed E-state index contributed by atoms with van der Waals surface area (Å²) in [6, 6.07) is 14.1. The van der Waals surface area contributed by atoms with Crippen molar-refractivity contribution in [2.75, 3.05) is 12.0 Å². The smallest absolute Gasteiger partial charge is 0.203 e. The lowest BCUT2D eigenvalue weighted by Crippen LogP contribution is -2.00. The SMILES string of the molecule is CCOc1c(I)cc(Br)cc1C=NNc1nc(-c2ccccc2)cs1. The van der Waals surface area contributed by atoms with E-state index in [9.17, 15) is 0 Å². The van der Waals surface area contributed by atoms with E-state index in [-0.39, 0.29) is 0 Å². The molecule has 3 rings (SSSR count). The van der Waals surface area contributed by atoms with Gasteiger partial charge < -0.3 is 4.74 Å². The number of hydrogen-bond acceptors (Lipinski definition) is 5. The summed E-state index contributed by atoms with van der Waals surface area (Å²) in [7, 11) is 0. The van der Waals surface area contributed by atoms with Crippen molar-refractivity contribution >= 4 is 61.2 Å². The van der Waals surface area contributed by atoms with Crippen molar-refractivity contribution in [2.45, 2.75) is 6.92 Å². The number of anilines is 1. The lowest BCUT2D eigenvalue weighted by Gasteiger charge is -2.10. The van der Waals surface area contributed by atoms with Gasteiger partial charge in [0.15, 0.2) is 0 Å². The molecular weight excluding hydrogens is 513 g/mol. The number of benzene rings is 2. The van der Waals surface area contributed by atoms with Gasteiger partial charge in [-0.3, -0.25) is 5.43 Å². The molecule has 0 spiro atoms. The van der Waals surface area contributed by atoms with E-state index in [4.69, 9.17) is 4.74 Å². The van der Waals surface area contributed by atoms with Crippen LogP contribution in [-0.2, 0) is 0 Å². The van der Waals surface area contributed by atoms with E-state index in [0.29, 0.717) is 6.61 Å². The van der Waals surface area contributed by atoms with Gasteiger partial charge in [-0.05, 0) is 41.6 Å². The van der Waals surface area contributed by atoms with Gasteiger partial charge in [-0.2, -0.15) is 5.10 Å². The number of rotatable bonds is 6. The Morgan fingerprint density at radius 1 is 1.32 bits per heavy atom. The Balaban J connectivity index is 1.75. The van der Waals surface area contributed by atoms with Gasteiger partial charge in [0.25, 0.3) is 0 Å². The van der Waals surface area contributed by atoms with Crippen molar-refractivity contribution in [3.8, 4) is 17.0 Å². The molecule has 3 aromatic rings. The van der Waals surface area contributed by atoms with E-state index in [0.717, 1.165) is 35.7 Å². The van der Waals surface area contributed by atoms with Crippen molar-refractivity contribution in [3.63, 3.8) is 0 Å². The van der Waals surface area contributed by atoms with Crippen LogP contribution in [0.5, 0.6) is 5.75 Å². The van der Waals surface area contributed by atoms with Crippen molar-refractivity contribution < 1.29 is 4.74 Å². The Morgan fingerprint density at radius 3 is 2.88 bits per heavy atom. The third-order valence-corrected chi connectivity index (χ3v) is 5.27. The van der Waals surface area contributed by atoms with E-state index >= 15 is 0 Å². The van der Waals surface area contributed by atoms with Crippen molar-refractivity contribution in [1.82, 2.24) is 4.98 Å². The van der Waals surface area contributed by atoms with Crippen LogP contribution in [0.4, 0.5) is 5.13 Å². The molecule has 0 aliphatic rings. The predicted molar refractivity (Wildman–Crippen MR) is 117 cm³/mol. The summed E-state index contributed by atoms with van der Waals surface area (Å²) in [4.78, 5) is 4.56. The molecule has 0 amide bonds. The van der Waals surface area contributed by atoms with Crippen LogP contribution in [0.3, 0.4) is 0 Å². The molecule has 1 heterocycles. The molecule has 1 N–H and O–H groups in total. The summed E-state index contributed by atoms with van der Waals surface area (Å²) >= 11 is 7.29. The summed E-state index contributed by atoms with van der Waals surface area (Å²) in [6.07, 6.45) is 1.75. The molecule has 0 saturated heterocycles. The van der Waals surface area contributed by atoms with Crippen LogP contribution in [-0.4, -0.2) is 17.8 Å². The Hall–Kier alpha value is -1.45. The maximum absolute atomic E-state index is 5.73. The first-order valence-electron chi connectivity index (χ1n) is 7.59. The summed E-state index contributed by atoms with van der Waals surface area (Å²) in [6.45, 7) is 2.58. The van der Waals surface area contributed by atoms with E-state index in [2.05, 4.69) is 54.0 Å². The third-order valence-electron chi connectivity index (χ3n) is 3.26. The van der Waals surface area contributed by atoms with Crippen molar-refractivity contribution in [3.05, 3.63) is 61.5 Å². The van der Waals surface area contributed by atoms with Gasteiger partial charge >= 0.3 is 0 Å². The van der Waals surface area contributed by atoms with Crippen LogP contribution in [0.2, 0.25) is 0 Å². The molecule has 1 aromatic heterocycles. The lowest BCUT2D eigenvalue weighted by atomic mass is 10.2. The van der Waals surface area contributed by atoms with Gasteiger partial charge in [0.2, 0.25) is 5.13 Å². The fraction of sp³-hybridized carbons (Fsp3) is 0.111. The topological polar surface area (TPSA) is 46.5 Å². The standard InChI is InChI=1S/C18H15BrIN3OS/c1-2-24-17-13(8-14(19)9-15(17)20)10-21-23-18-22-16(11-25-18)12-6-4-3-5-7-12/h3-11H,2H2,1H3,(H,22,23). The van der Waals surface area contributed by atoms with Crippen molar-refractivity contribution in [1.29, 1.82) is 0 Å². The van der Waals surface area contributed by atoms with Crippen LogP contribution >= 0.6 is 49.9 Å². The average molecular weight is 528 g/mol. The van der Waals surface area contributed by atoms with Gasteiger partial charge in [-0.25, -0.2) is 4.98 Å². The molecule has 0 aliphatic heterocycles. The number of hydrogen-bond donors (Lipinski definition) is 1. The fourth-order valence-electron chi connectivity index (χ4n) is 2.20. The predicted octanol–water partition coefficient (Wildman–Crippen LogP) is 6.02. The highest BCUT2D eigenvalue weighted by molar-refractivity contribution is 14.1. The number of ether oxygens (including phenoxy) is 1. The van der Waals surface area contributed by atoms with Crippen LogP contribution in [0.1, 0.15) is 12.5 Å². The first kappa shape index (κ1) is 18.3. The lowest BCUT2D eigenvalue weighted by molar-refractivity contribution is 0.337. The highest BCUT2D eigenvalue weighted by Gasteiger charge is 2.08. The van der Waals surface area contributed by atoms with Crippen molar-refractivity contribution in [2.24, 2.45) is 5.10 Å². The first-order chi connectivity index (χ1) is 12.2. The molecule has 0 fully saturated rings. The minimum absolute atomic E-state index is 0.610. The zero-order chi connectivity index (χ0) is 17.6. The highest BCUT2D eigenvalue weighted by atomic mass is 127. The number of thiazole rings is 1. The van der Waals surface area contributed by atoms with Crippen LogP contribution < -0.4 is 10.2 Å². The van der Waals surface area contributed by atoms with Crippen LogP contribution in [0, 0.1) is 3.57 Å². The second-order valence-electron chi connectivity index (χ2n) is 5.01. The third kappa shape index (κ3) is 4.80. The summed E-state index contributed by atoms with van der Waals surface area (Å²) in [5.41, 5.74) is 5.94. The van der Waals surface area contributed by atoms with E-state index in [1.165, 1.54) is 11.3 Å². The maximum Gasteiger partial charge on any atom is 0.203 e. The molecule has 128 valence electrons. The molecule has 25 heavy (non-hydrogen) atoms. The molecule has 7 heteroatoms. The maximum atomic E-state index is 5.73. The Bertz CT molecular complexity index is 883. The summed E-state index contributed by atoms with van der Waals surface area (Å²) in [5, 5.41) is 7.08. The molecule has 4 nitrogen and oxygen atoms in total. The highest BCUT2D eigenvalue weighted by Crippen LogP contribution is 2.29. The molecule has 0 aliphatic carbocycles. The molecule has 0 radical (unpaired) electrons. The van der Waals surface area contributed by atoms with Gasteiger partial charge in [0.1, 0.15) is 5.75 Å². The summed E-state index contributed by atoms with van der Waals surface area (Å²) < 4.78 is 7.75. The van der Waals surface area contributed by atoms with Crippen LogP contribution in [0.15, 0.2) is 57.4 Å². The Labute approximate surface area is 172 Å². The zero-order valence-electron chi connectivity index (χ0n) is 13.4. The van der Waals surface area contributed by atoms with Gasteiger partial charge in [-0.15, -0.1) is 11.3 Å². The fourth-order valence-corrected chi connectivity index (χ4v) is 4.57. The van der Waals surface area contributed by atoms with Gasteiger partial charge in [0.05, 0.1) is 22.1 Å². The summed E-state index contributed by atoms with van der Waals surface area (Å²) in [5.74, 6) is 0.834. The first-order valence-corrected chi connectivity index (χ1v) is 10.3. The van der Waals surface area contributed by atoms with E-state index < -0.39 is 0 Å². The number of nitrogens with zero attached hydrogens (tertiary/aromatic N) is 2. The Morgan fingerprint density at radius 2 is 2.12 bits per heavy atom. The molecular formula is C18H15BrIN3OS. The number of hydrazone groups is 1. The number of aromatic nitrogens is 1. The normalized spacial score (nSPS) is 11.0. The largest absolute Gasteiger partial charge is 0.492 e. The van der Waals surface area contributed by atoms with E-state index in [1.54, 1.807) is 6.21 Å². The molecule has 0 bridgehead atoms. The van der Waals surface area contributed by atoms with E-state index in [1.807, 2.05) is 54.8 Å². The average Bonchev–Trinajstić information content (AvgIpc) is 3.07. The van der Waals surface area contributed by atoms with Gasteiger partial charge in [0, 0.05) is 21.0 Å².